The lowest BCUT2D eigenvalue weighted by Gasteiger charge is -2.34. The van der Waals surface area contributed by atoms with Crippen LogP contribution < -0.4 is 0 Å². The van der Waals surface area contributed by atoms with E-state index >= 15 is 0 Å². The first-order chi connectivity index (χ1) is 12.6. The third kappa shape index (κ3) is 3.23. The topological polar surface area (TPSA) is 58.4 Å². The number of fused-ring (bicyclic) bond motifs is 1. The van der Waals surface area contributed by atoms with E-state index in [1.54, 1.807) is 0 Å². The minimum absolute atomic E-state index is 0.0189. The van der Waals surface area contributed by atoms with Crippen molar-refractivity contribution in [1.29, 1.82) is 0 Å². The van der Waals surface area contributed by atoms with E-state index in [1.807, 2.05) is 51.7 Å². The van der Waals surface area contributed by atoms with Crippen molar-refractivity contribution in [2.24, 2.45) is 0 Å². The molecular weight excluding hydrogens is 328 g/mol. The second-order valence-corrected chi connectivity index (χ2v) is 7.16. The lowest BCUT2D eigenvalue weighted by atomic mass is 10.1. The van der Waals surface area contributed by atoms with E-state index < -0.39 is 0 Å². The predicted octanol–water partition coefficient (Wildman–Crippen LogP) is 2.13. The molecule has 2 amide bonds. The van der Waals surface area contributed by atoms with E-state index in [2.05, 4.69) is 5.10 Å². The average Bonchev–Trinajstić information content (AvgIpc) is 3.11. The van der Waals surface area contributed by atoms with E-state index in [0.717, 1.165) is 30.6 Å². The number of rotatable bonds is 2. The zero-order valence-electron chi connectivity index (χ0n) is 15.1. The molecule has 136 valence electrons. The van der Waals surface area contributed by atoms with Gasteiger partial charge in [-0.05, 0) is 44.4 Å². The van der Waals surface area contributed by atoms with Crippen LogP contribution >= 0.6 is 0 Å². The highest BCUT2D eigenvalue weighted by atomic mass is 16.2. The molecule has 1 aromatic carbocycles. The maximum absolute atomic E-state index is 12.8. The molecule has 26 heavy (non-hydrogen) atoms. The second-order valence-electron chi connectivity index (χ2n) is 7.16. The summed E-state index contributed by atoms with van der Waals surface area (Å²) < 4.78 is 1.97. The normalized spacial score (nSPS) is 17.1. The molecule has 0 spiro atoms. The van der Waals surface area contributed by atoms with Crippen molar-refractivity contribution in [1.82, 2.24) is 19.6 Å². The van der Waals surface area contributed by atoms with Crippen molar-refractivity contribution in [2.75, 3.05) is 26.2 Å². The van der Waals surface area contributed by atoms with E-state index in [-0.39, 0.29) is 11.8 Å². The molecule has 6 heteroatoms. The Morgan fingerprint density at radius 2 is 1.65 bits per heavy atom. The summed E-state index contributed by atoms with van der Waals surface area (Å²) in [5.41, 5.74) is 3.49. The minimum Gasteiger partial charge on any atom is -0.335 e. The van der Waals surface area contributed by atoms with Crippen LogP contribution in [0, 0.1) is 6.92 Å². The molecule has 2 aliphatic heterocycles. The van der Waals surface area contributed by atoms with Crippen molar-refractivity contribution < 1.29 is 9.59 Å². The summed E-state index contributed by atoms with van der Waals surface area (Å²) in [5.74, 6) is 0.0211. The Morgan fingerprint density at radius 1 is 0.923 bits per heavy atom. The van der Waals surface area contributed by atoms with Gasteiger partial charge in [0.2, 0.25) is 0 Å². The van der Waals surface area contributed by atoms with Gasteiger partial charge in [-0.1, -0.05) is 17.7 Å². The van der Waals surface area contributed by atoms with Crippen LogP contribution in [0.1, 0.15) is 44.9 Å². The fourth-order valence-electron chi connectivity index (χ4n) is 3.76. The van der Waals surface area contributed by atoms with Crippen LogP contribution in [-0.2, 0) is 13.0 Å². The van der Waals surface area contributed by atoms with Gasteiger partial charge in [-0.3, -0.25) is 14.3 Å². The summed E-state index contributed by atoms with van der Waals surface area (Å²) in [6.45, 7) is 5.12. The molecule has 2 aromatic rings. The Balaban J connectivity index is 1.39. The van der Waals surface area contributed by atoms with Crippen molar-refractivity contribution in [3.8, 4) is 0 Å². The Bertz CT molecular complexity index is 811. The molecule has 6 nitrogen and oxygen atoms in total. The Hall–Kier alpha value is -2.63. The van der Waals surface area contributed by atoms with Gasteiger partial charge in [-0.2, -0.15) is 5.10 Å². The highest BCUT2D eigenvalue weighted by molar-refractivity contribution is 5.95. The van der Waals surface area contributed by atoms with E-state index in [4.69, 9.17) is 0 Å². The van der Waals surface area contributed by atoms with Gasteiger partial charge in [0, 0.05) is 44.0 Å². The van der Waals surface area contributed by atoms with E-state index in [0.29, 0.717) is 37.4 Å². The van der Waals surface area contributed by atoms with Gasteiger partial charge >= 0.3 is 0 Å². The highest BCUT2D eigenvalue weighted by Crippen LogP contribution is 2.17. The van der Waals surface area contributed by atoms with Crippen molar-refractivity contribution in [2.45, 2.75) is 32.7 Å². The summed E-state index contributed by atoms with van der Waals surface area (Å²) in [5, 5.41) is 4.48. The van der Waals surface area contributed by atoms with Crippen LogP contribution in [0.2, 0.25) is 0 Å². The molecule has 1 saturated heterocycles. The number of aromatic nitrogens is 2. The first kappa shape index (κ1) is 16.8. The fourth-order valence-corrected chi connectivity index (χ4v) is 3.76. The number of hydrogen-bond acceptors (Lipinski definition) is 3. The lowest BCUT2D eigenvalue weighted by molar-refractivity contribution is 0.0531. The molecule has 1 fully saturated rings. The molecule has 0 bridgehead atoms. The van der Waals surface area contributed by atoms with Crippen LogP contribution in [0.3, 0.4) is 0 Å². The Kier molecular flexibility index (Phi) is 4.49. The zero-order valence-corrected chi connectivity index (χ0v) is 15.1. The quantitative estimate of drug-likeness (QED) is 0.832. The van der Waals surface area contributed by atoms with Crippen LogP contribution in [0.15, 0.2) is 30.3 Å². The van der Waals surface area contributed by atoms with Gasteiger partial charge in [-0.25, -0.2) is 0 Å². The second kappa shape index (κ2) is 6.94. The first-order valence-electron chi connectivity index (χ1n) is 9.34. The number of carbonyl (C=O) groups excluding carboxylic acids is 2. The van der Waals surface area contributed by atoms with Crippen LogP contribution in [-0.4, -0.2) is 57.6 Å². The average molecular weight is 352 g/mol. The predicted molar refractivity (Wildman–Crippen MR) is 98.2 cm³/mol. The van der Waals surface area contributed by atoms with Crippen LogP contribution in [0.4, 0.5) is 0 Å². The fraction of sp³-hybridized carbons (Fsp3) is 0.450. The molecule has 0 N–H and O–H groups in total. The molecule has 0 unspecified atom stereocenters. The largest absolute Gasteiger partial charge is 0.335 e. The lowest BCUT2D eigenvalue weighted by Crippen LogP contribution is -2.50. The molecule has 0 radical (unpaired) electrons. The summed E-state index contributed by atoms with van der Waals surface area (Å²) >= 11 is 0. The molecule has 4 rings (SSSR count). The van der Waals surface area contributed by atoms with Gasteiger partial charge in [0.25, 0.3) is 11.8 Å². The summed E-state index contributed by atoms with van der Waals surface area (Å²) in [7, 11) is 0. The van der Waals surface area contributed by atoms with Gasteiger partial charge in [0.15, 0.2) is 5.69 Å². The monoisotopic (exact) mass is 352 g/mol. The molecule has 0 saturated carbocycles. The molecule has 1 aromatic heterocycles. The number of amides is 2. The highest BCUT2D eigenvalue weighted by Gasteiger charge is 2.27. The molecule has 0 aliphatic carbocycles. The van der Waals surface area contributed by atoms with Crippen molar-refractivity contribution in [3.05, 3.63) is 52.8 Å². The molecule has 2 aliphatic rings. The number of aryl methyl sites for hydroxylation is 3. The van der Waals surface area contributed by atoms with Crippen LogP contribution in [0.25, 0.3) is 0 Å². The van der Waals surface area contributed by atoms with E-state index in [9.17, 15) is 9.59 Å². The Labute approximate surface area is 153 Å². The first-order valence-corrected chi connectivity index (χ1v) is 9.34. The van der Waals surface area contributed by atoms with Gasteiger partial charge in [0.05, 0.1) is 0 Å². The summed E-state index contributed by atoms with van der Waals surface area (Å²) in [6.07, 6.45) is 3.29. The summed E-state index contributed by atoms with van der Waals surface area (Å²) in [4.78, 5) is 29.0. The van der Waals surface area contributed by atoms with E-state index in [1.165, 1.54) is 6.42 Å². The molecule has 0 atom stereocenters. The minimum atomic E-state index is -0.0189. The third-order valence-electron chi connectivity index (χ3n) is 5.25. The van der Waals surface area contributed by atoms with Gasteiger partial charge in [0.1, 0.15) is 0 Å². The zero-order chi connectivity index (χ0) is 18.1. The molecular formula is C20H24N4O2. The Morgan fingerprint density at radius 3 is 2.35 bits per heavy atom. The van der Waals surface area contributed by atoms with Crippen LogP contribution in [0.5, 0.6) is 0 Å². The smallest absolute Gasteiger partial charge is 0.274 e. The number of benzene rings is 1. The van der Waals surface area contributed by atoms with Gasteiger partial charge < -0.3 is 9.80 Å². The number of hydrogen-bond donors (Lipinski definition) is 0. The maximum atomic E-state index is 12.8. The number of carbonyl (C=O) groups is 2. The SMILES string of the molecule is Cc1cccc(C(=O)N2CCN(C(=O)c3cc4n(n3)CCCC4)CC2)c1. The van der Waals surface area contributed by atoms with Crippen molar-refractivity contribution in [3.63, 3.8) is 0 Å². The van der Waals surface area contributed by atoms with Crippen molar-refractivity contribution >= 4 is 11.8 Å². The molecule has 3 heterocycles. The van der Waals surface area contributed by atoms with Gasteiger partial charge in [-0.15, -0.1) is 0 Å². The standard InChI is InChI=1S/C20H24N4O2/c1-15-5-4-6-16(13-15)19(25)22-9-11-23(12-10-22)20(26)18-14-17-7-2-3-8-24(17)21-18/h4-6,13-14H,2-3,7-12H2,1H3. The summed E-state index contributed by atoms with van der Waals surface area (Å²) in [6, 6.07) is 9.59. The maximum Gasteiger partial charge on any atom is 0.274 e. The number of nitrogens with zero attached hydrogens (tertiary/aromatic N) is 4. The number of piperazine rings is 1. The third-order valence-corrected chi connectivity index (χ3v) is 5.25.